The van der Waals surface area contributed by atoms with Gasteiger partial charge in [0.05, 0.1) is 10.6 Å². The van der Waals surface area contributed by atoms with E-state index in [9.17, 15) is 10.1 Å². The van der Waals surface area contributed by atoms with Gasteiger partial charge in [-0.25, -0.2) is 4.98 Å². The molecule has 0 aromatic carbocycles. The van der Waals surface area contributed by atoms with Gasteiger partial charge in [-0.2, -0.15) is 0 Å². The third-order valence-corrected chi connectivity index (χ3v) is 3.91. The first-order valence-corrected chi connectivity index (χ1v) is 6.84. The Balaban J connectivity index is 2.12. The van der Waals surface area contributed by atoms with Crippen LogP contribution in [0.25, 0.3) is 0 Å². The topological polar surface area (TPSA) is 68.1 Å². The fourth-order valence-corrected chi connectivity index (χ4v) is 2.90. The van der Waals surface area contributed by atoms with Crippen LogP contribution in [0.4, 0.5) is 10.7 Å². The number of pyridine rings is 1. The largest absolute Gasteiger partial charge is 0.377 e. The van der Waals surface area contributed by atoms with Crippen molar-refractivity contribution in [3.63, 3.8) is 0 Å². The summed E-state index contributed by atoms with van der Waals surface area (Å²) in [6.45, 7) is 2.31. The van der Waals surface area contributed by atoms with Crippen molar-refractivity contribution in [2.75, 3.05) is 5.32 Å². The maximum absolute atomic E-state index is 10.6. The van der Waals surface area contributed by atoms with Gasteiger partial charge in [-0.1, -0.05) is 34.5 Å². The van der Waals surface area contributed by atoms with Gasteiger partial charge >= 0.3 is 5.00 Å². The highest BCUT2D eigenvalue weighted by atomic mass is 35.5. The average molecular weight is 318 g/mol. The minimum atomic E-state index is -0.407. The molecule has 0 amide bonds. The van der Waals surface area contributed by atoms with E-state index in [1.807, 2.05) is 6.92 Å². The highest BCUT2D eigenvalue weighted by Gasteiger charge is 2.11. The van der Waals surface area contributed by atoms with E-state index in [0.29, 0.717) is 17.4 Å². The van der Waals surface area contributed by atoms with Crippen molar-refractivity contribution in [2.24, 2.45) is 0 Å². The minimum absolute atomic E-state index is 0.119. The Kier molecular flexibility index (Phi) is 4.24. The minimum Gasteiger partial charge on any atom is -0.377 e. The first-order valence-electron chi connectivity index (χ1n) is 5.27. The average Bonchev–Trinajstić information content (AvgIpc) is 2.76. The second kappa shape index (κ2) is 5.73. The highest BCUT2D eigenvalue weighted by molar-refractivity contribution is 7.15. The van der Waals surface area contributed by atoms with Crippen molar-refractivity contribution in [3.05, 3.63) is 49.1 Å². The summed E-state index contributed by atoms with van der Waals surface area (Å²) in [6.07, 6.45) is 0. The van der Waals surface area contributed by atoms with Gasteiger partial charge in [0.15, 0.2) is 5.15 Å². The Hall–Kier alpha value is -1.37. The van der Waals surface area contributed by atoms with Crippen molar-refractivity contribution < 1.29 is 4.92 Å². The number of nitro groups is 1. The van der Waals surface area contributed by atoms with E-state index < -0.39 is 4.92 Å². The third-order valence-electron chi connectivity index (χ3n) is 2.41. The van der Waals surface area contributed by atoms with Crippen LogP contribution in [0.15, 0.2) is 18.2 Å². The van der Waals surface area contributed by atoms with E-state index >= 15 is 0 Å². The first-order chi connectivity index (χ1) is 8.97. The Morgan fingerprint density at radius 3 is 2.79 bits per heavy atom. The molecule has 0 aliphatic carbocycles. The Bertz CT molecular complexity index is 607. The number of halogens is 2. The lowest BCUT2D eigenvalue weighted by Gasteiger charge is -2.10. The van der Waals surface area contributed by atoms with E-state index in [0.717, 1.165) is 21.8 Å². The van der Waals surface area contributed by atoms with E-state index in [4.69, 9.17) is 23.2 Å². The third kappa shape index (κ3) is 3.34. The lowest BCUT2D eigenvalue weighted by molar-refractivity contribution is -0.380. The maximum Gasteiger partial charge on any atom is 0.324 e. The lowest BCUT2D eigenvalue weighted by Crippen LogP contribution is -2.01. The van der Waals surface area contributed by atoms with Crippen LogP contribution in [0.1, 0.15) is 10.4 Å². The van der Waals surface area contributed by atoms with Crippen molar-refractivity contribution in [2.45, 2.75) is 13.5 Å². The zero-order valence-electron chi connectivity index (χ0n) is 9.81. The van der Waals surface area contributed by atoms with E-state index in [2.05, 4.69) is 10.3 Å². The molecule has 1 N–H and O–H groups in total. The summed E-state index contributed by atoms with van der Waals surface area (Å²) in [7, 11) is 0. The van der Waals surface area contributed by atoms with Gasteiger partial charge in [0.25, 0.3) is 0 Å². The van der Waals surface area contributed by atoms with Gasteiger partial charge in [0.2, 0.25) is 0 Å². The van der Waals surface area contributed by atoms with Crippen LogP contribution < -0.4 is 5.32 Å². The number of aryl methyl sites for hydroxylation is 1. The second-order valence-electron chi connectivity index (χ2n) is 3.78. The number of thiophene rings is 1. The standard InChI is InChI=1S/C11H9Cl2N3O2S/c1-6-4-8(12)15-11(13)10(6)14-5-7-2-3-9(19-7)16(17)18/h2-4,14H,5H2,1H3. The maximum atomic E-state index is 10.6. The van der Waals surface area contributed by atoms with Crippen LogP contribution in [0, 0.1) is 17.0 Å². The van der Waals surface area contributed by atoms with Crippen LogP contribution in [0.3, 0.4) is 0 Å². The molecule has 2 aromatic rings. The Morgan fingerprint density at radius 2 is 2.21 bits per heavy atom. The molecule has 0 fully saturated rings. The summed E-state index contributed by atoms with van der Waals surface area (Å²) < 4.78 is 0. The molecule has 5 nitrogen and oxygen atoms in total. The summed E-state index contributed by atoms with van der Waals surface area (Å²) in [5.41, 5.74) is 1.55. The molecular weight excluding hydrogens is 309 g/mol. The number of nitrogens with one attached hydrogen (secondary N) is 1. The summed E-state index contributed by atoms with van der Waals surface area (Å²) in [6, 6.07) is 4.89. The molecule has 19 heavy (non-hydrogen) atoms. The molecule has 0 radical (unpaired) electrons. The molecule has 0 atom stereocenters. The Morgan fingerprint density at radius 1 is 1.47 bits per heavy atom. The quantitative estimate of drug-likeness (QED) is 0.519. The van der Waals surface area contributed by atoms with Gasteiger partial charge in [0.1, 0.15) is 5.15 Å². The van der Waals surface area contributed by atoms with Gasteiger partial charge in [-0.3, -0.25) is 10.1 Å². The number of hydrogen-bond donors (Lipinski definition) is 1. The van der Waals surface area contributed by atoms with Gasteiger partial charge in [-0.15, -0.1) is 0 Å². The molecule has 0 aliphatic heterocycles. The summed E-state index contributed by atoms with van der Waals surface area (Å²) in [4.78, 5) is 15.0. The van der Waals surface area contributed by atoms with Crippen LogP contribution in [0.5, 0.6) is 0 Å². The molecular formula is C11H9Cl2N3O2S. The molecule has 8 heteroatoms. The van der Waals surface area contributed by atoms with Gasteiger partial charge < -0.3 is 5.32 Å². The molecule has 2 aromatic heterocycles. The molecule has 2 heterocycles. The number of rotatable bonds is 4. The van der Waals surface area contributed by atoms with Crippen molar-refractivity contribution >= 4 is 45.2 Å². The van der Waals surface area contributed by atoms with Gasteiger partial charge in [0, 0.05) is 17.5 Å². The Labute approximate surface area is 123 Å². The fraction of sp³-hybridized carbons (Fsp3) is 0.182. The van der Waals surface area contributed by atoms with Gasteiger partial charge in [-0.05, 0) is 24.6 Å². The fourth-order valence-electron chi connectivity index (χ4n) is 1.54. The molecule has 2 rings (SSSR count). The summed E-state index contributed by atoms with van der Waals surface area (Å²) in [5, 5.41) is 14.4. The SMILES string of the molecule is Cc1cc(Cl)nc(Cl)c1NCc1ccc([N+](=O)[O-])s1. The number of anilines is 1. The molecule has 0 saturated heterocycles. The van der Waals surface area contributed by atoms with Crippen LogP contribution in [-0.4, -0.2) is 9.91 Å². The highest BCUT2D eigenvalue weighted by Crippen LogP contribution is 2.29. The van der Waals surface area contributed by atoms with Crippen LogP contribution in [0.2, 0.25) is 10.3 Å². The molecule has 0 unspecified atom stereocenters. The molecule has 0 aliphatic rings. The number of hydrogen-bond acceptors (Lipinski definition) is 5. The van der Waals surface area contributed by atoms with Crippen molar-refractivity contribution in [1.29, 1.82) is 0 Å². The number of nitrogens with zero attached hydrogens (tertiary/aromatic N) is 2. The predicted octanol–water partition coefficient (Wildman–Crippen LogP) is 4.28. The smallest absolute Gasteiger partial charge is 0.324 e. The van der Waals surface area contributed by atoms with Crippen LogP contribution in [-0.2, 0) is 6.54 Å². The van der Waals surface area contributed by atoms with Crippen molar-refractivity contribution in [1.82, 2.24) is 4.98 Å². The van der Waals surface area contributed by atoms with E-state index in [1.165, 1.54) is 6.07 Å². The summed E-state index contributed by atoms with van der Waals surface area (Å²) >= 11 is 12.9. The van der Waals surface area contributed by atoms with E-state index in [1.54, 1.807) is 12.1 Å². The normalized spacial score (nSPS) is 10.5. The van der Waals surface area contributed by atoms with Crippen LogP contribution >= 0.6 is 34.5 Å². The van der Waals surface area contributed by atoms with Crippen molar-refractivity contribution in [3.8, 4) is 0 Å². The number of aromatic nitrogens is 1. The zero-order chi connectivity index (χ0) is 14.0. The molecule has 0 saturated carbocycles. The zero-order valence-corrected chi connectivity index (χ0v) is 12.1. The van der Waals surface area contributed by atoms with E-state index in [-0.39, 0.29) is 10.2 Å². The predicted molar refractivity (Wildman–Crippen MR) is 77.3 cm³/mol. The molecule has 0 spiro atoms. The second-order valence-corrected chi connectivity index (χ2v) is 5.67. The monoisotopic (exact) mass is 317 g/mol. The molecule has 0 bridgehead atoms. The lowest BCUT2D eigenvalue weighted by atomic mass is 10.2. The first kappa shape index (κ1) is 14.0. The summed E-state index contributed by atoms with van der Waals surface area (Å²) in [5.74, 6) is 0. The molecule has 100 valence electrons.